The standard InChI is InChI=1S/C14H17FN2O2/c1-9-12(15)6-10(14(16)18)7-13(9)17-8-11-4-2-3-5-19-11/h3,5-7,11,17H,2,4,8H2,1H3,(H2,16,18). The van der Waals surface area contributed by atoms with E-state index in [9.17, 15) is 9.18 Å². The maximum atomic E-state index is 13.7. The van der Waals surface area contributed by atoms with Crippen LogP contribution in [0.3, 0.4) is 0 Å². The third-order valence-electron chi connectivity index (χ3n) is 3.17. The molecule has 1 heterocycles. The number of carbonyl (C=O) groups excluding carboxylic acids is 1. The minimum Gasteiger partial charge on any atom is -0.497 e. The Morgan fingerprint density at radius 3 is 3.00 bits per heavy atom. The molecule has 102 valence electrons. The van der Waals surface area contributed by atoms with E-state index in [0.717, 1.165) is 18.9 Å². The average molecular weight is 264 g/mol. The Hall–Kier alpha value is -2.04. The van der Waals surface area contributed by atoms with Gasteiger partial charge in [0, 0.05) is 16.8 Å². The van der Waals surface area contributed by atoms with Crippen molar-refractivity contribution < 1.29 is 13.9 Å². The second-order valence-electron chi connectivity index (χ2n) is 4.58. The molecule has 0 saturated heterocycles. The van der Waals surface area contributed by atoms with Crippen LogP contribution in [0.25, 0.3) is 0 Å². The molecule has 1 aliphatic heterocycles. The molecule has 1 unspecified atom stereocenters. The fourth-order valence-corrected chi connectivity index (χ4v) is 1.96. The number of ether oxygens (including phenoxy) is 1. The monoisotopic (exact) mass is 264 g/mol. The van der Waals surface area contributed by atoms with Gasteiger partial charge in [0.25, 0.3) is 0 Å². The van der Waals surface area contributed by atoms with Crippen LogP contribution in [0.5, 0.6) is 0 Å². The third-order valence-corrected chi connectivity index (χ3v) is 3.17. The van der Waals surface area contributed by atoms with Crippen LogP contribution in [0.2, 0.25) is 0 Å². The summed E-state index contributed by atoms with van der Waals surface area (Å²) < 4.78 is 19.1. The van der Waals surface area contributed by atoms with Gasteiger partial charge in [0.05, 0.1) is 12.8 Å². The van der Waals surface area contributed by atoms with Crippen molar-refractivity contribution in [2.75, 3.05) is 11.9 Å². The number of benzene rings is 1. The zero-order valence-electron chi connectivity index (χ0n) is 10.8. The summed E-state index contributed by atoms with van der Waals surface area (Å²) in [7, 11) is 0. The van der Waals surface area contributed by atoms with Crippen LogP contribution < -0.4 is 11.1 Å². The summed E-state index contributed by atoms with van der Waals surface area (Å²) in [6.45, 7) is 2.22. The SMILES string of the molecule is Cc1c(F)cc(C(N)=O)cc1NCC1CCC=CO1. The van der Waals surface area contributed by atoms with Gasteiger partial charge in [-0.15, -0.1) is 0 Å². The van der Waals surface area contributed by atoms with Gasteiger partial charge in [0.15, 0.2) is 0 Å². The van der Waals surface area contributed by atoms with Crippen molar-refractivity contribution in [3.8, 4) is 0 Å². The number of hydrogen-bond acceptors (Lipinski definition) is 3. The molecule has 1 atom stereocenters. The van der Waals surface area contributed by atoms with E-state index in [1.165, 1.54) is 0 Å². The first-order valence-corrected chi connectivity index (χ1v) is 6.22. The molecular formula is C14H17FN2O2. The highest BCUT2D eigenvalue weighted by Crippen LogP contribution is 2.21. The topological polar surface area (TPSA) is 64.4 Å². The molecule has 0 spiro atoms. The van der Waals surface area contributed by atoms with E-state index >= 15 is 0 Å². The first kappa shape index (κ1) is 13.4. The van der Waals surface area contributed by atoms with Crippen molar-refractivity contribution in [3.63, 3.8) is 0 Å². The number of amides is 1. The minimum atomic E-state index is -0.640. The number of nitrogens with two attached hydrogens (primary N) is 1. The highest BCUT2D eigenvalue weighted by atomic mass is 19.1. The largest absolute Gasteiger partial charge is 0.497 e. The van der Waals surface area contributed by atoms with E-state index in [0.29, 0.717) is 17.8 Å². The third kappa shape index (κ3) is 3.24. The summed E-state index contributed by atoms with van der Waals surface area (Å²) in [5.41, 5.74) is 6.38. The quantitative estimate of drug-likeness (QED) is 0.877. The lowest BCUT2D eigenvalue weighted by atomic mass is 10.1. The van der Waals surface area contributed by atoms with E-state index in [4.69, 9.17) is 10.5 Å². The van der Waals surface area contributed by atoms with E-state index in [1.54, 1.807) is 19.3 Å². The summed E-state index contributed by atoms with van der Waals surface area (Å²) in [6.07, 6.45) is 5.60. The lowest BCUT2D eigenvalue weighted by Crippen LogP contribution is -2.23. The minimum absolute atomic E-state index is 0.0599. The highest BCUT2D eigenvalue weighted by Gasteiger charge is 2.14. The predicted octanol–water partition coefficient (Wildman–Crippen LogP) is 2.34. The van der Waals surface area contributed by atoms with Crippen molar-refractivity contribution in [1.82, 2.24) is 0 Å². The van der Waals surface area contributed by atoms with Crippen LogP contribution in [0, 0.1) is 12.7 Å². The summed E-state index contributed by atoms with van der Waals surface area (Å²) in [4.78, 5) is 11.1. The zero-order chi connectivity index (χ0) is 13.8. The van der Waals surface area contributed by atoms with E-state index in [1.807, 2.05) is 6.08 Å². The second kappa shape index (κ2) is 5.73. The first-order valence-electron chi connectivity index (χ1n) is 6.22. The fourth-order valence-electron chi connectivity index (χ4n) is 1.96. The van der Waals surface area contributed by atoms with Gasteiger partial charge in [0.1, 0.15) is 11.9 Å². The maximum absolute atomic E-state index is 13.7. The van der Waals surface area contributed by atoms with Crippen LogP contribution in [-0.2, 0) is 4.74 Å². The smallest absolute Gasteiger partial charge is 0.248 e. The van der Waals surface area contributed by atoms with Crippen LogP contribution in [0.4, 0.5) is 10.1 Å². The molecule has 0 fully saturated rings. The fraction of sp³-hybridized carbons (Fsp3) is 0.357. The number of primary amides is 1. The summed E-state index contributed by atoms with van der Waals surface area (Å²) in [6, 6.07) is 2.72. The molecule has 2 rings (SSSR count). The average Bonchev–Trinajstić information content (AvgIpc) is 2.41. The van der Waals surface area contributed by atoms with Gasteiger partial charge in [-0.3, -0.25) is 4.79 Å². The van der Waals surface area contributed by atoms with Crippen molar-refractivity contribution in [2.45, 2.75) is 25.9 Å². The van der Waals surface area contributed by atoms with Crippen LogP contribution in [0.1, 0.15) is 28.8 Å². The Morgan fingerprint density at radius 1 is 1.58 bits per heavy atom. The molecule has 5 heteroatoms. The zero-order valence-corrected chi connectivity index (χ0v) is 10.8. The molecule has 1 amide bonds. The highest BCUT2D eigenvalue weighted by molar-refractivity contribution is 5.94. The summed E-state index contributed by atoms with van der Waals surface area (Å²) in [5, 5.41) is 3.11. The molecule has 1 aromatic rings. The van der Waals surface area contributed by atoms with Gasteiger partial charge in [-0.2, -0.15) is 0 Å². The molecule has 0 saturated carbocycles. The van der Waals surface area contributed by atoms with Crippen molar-refractivity contribution in [2.24, 2.45) is 5.73 Å². The molecule has 0 radical (unpaired) electrons. The van der Waals surface area contributed by atoms with Gasteiger partial charge in [-0.05, 0) is 38.0 Å². The summed E-state index contributed by atoms with van der Waals surface area (Å²) in [5.74, 6) is -1.08. The van der Waals surface area contributed by atoms with Crippen molar-refractivity contribution >= 4 is 11.6 Å². The molecule has 4 nitrogen and oxygen atoms in total. The maximum Gasteiger partial charge on any atom is 0.248 e. The van der Waals surface area contributed by atoms with Crippen LogP contribution in [0.15, 0.2) is 24.5 Å². The second-order valence-corrected chi connectivity index (χ2v) is 4.58. The van der Waals surface area contributed by atoms with Gasteiger partial charge >= 0.3 is 0 Å². The molecule has 0 aromatic heterocycles. The van der Waals surface area contributed by atoms with Gasteiger partial charge in [-0.1, -0.05) is 0 Å². The first-order chi connectivity index (χ1) is 9.08. The van der Waals surface area contributed by atoms with E-state index in [-0.39, 0.29) is 11.7 Å². The van der Waals surface area contributed by atoms with E-state index in [2.05, 4.69) is 5.32 Å². The molecule has 19 heavy (non-hydrogen) atoms. The van der Waals surface area contributed by atoms with Crippen molar-refractivity contribution in [1.29, 1.82) is 0 Å². The predicted molar refractivity (Wildman–Crippen MR) is 71.4 cm³/mol. The number of anilines is 1. The molecule has 1 aromatic carbocycles. The number of halogens is 1. The Kier molecular flexibility index (Phi) is 4.04. The molecule has 0 bridgehead atoms. The van der Waals surface area contributed by atoms with Crippen LogP contribution >= 0.6 is 0 Å². The molecule has 0 aliphatic carbocycles. The number of nitrogens with one attached hydrogen (secondary N) is 1. The van der Waals surface area contributed by atoms with Crippen molar-refractivity contribution in [3.05, 3.63) is 41.4 Å². The van der Waals surface area contributed by atoms with Gasteiger partial charge in [0.2, 0.25) is 5.91 Å². The normalized spacial score (nSPS) is 17.9. The van der Waals surface area contributed by atoms with E-state index < -0.39 is 11.7 Å². The Morgan fingerprint density at radius 2 is 2.37 bits per heavy atom. The Bertz CT molecular complexity index is 514. The number of hydrogen-bond donors (Lipinski definition) is 2. The summed E-state index contributed by atoms with van der Waals surface area (Å²) >= 11 is 0. The van der Waals surface area contributed by atoms with Gasteiger partial charge in [-0.25, -0.2) is 4.39 Å². The lowest BCUT2D eigenvalue weighted by molar-refractivity contribution is 0.1000. The Labute approximate surface area is 111 Å². The molecular weight excluding hydrogens is 247 g/mol. The lowest BCUT2D eigenvalue weighted by Gasteiger charge is -2.21. The van der Waals surface area contributed by atoms with Crippen LogP contribution in [-0.4, -0.2) is 18.6 Å². The Balaban J connectivity index is 2.10. The molecule has 1 aliphatic rings. The molecule has 3 N–H and O–H groups in total. The number of allylic oxidation sites excluding steroid dienone is 1. The number of carbonyl (C=O) groups is 1. The number of rotatable bonds is 4. The van der Waals surface area contributed by atoms with Gasteiger partial charge < -0.3 is 15.8 Å².